The molecule has 2 aromatic rings. The van der Waals surface area contributed by atoms with Crippen LogP contribution in [0.5, 0.6) is 5.75 Å². The minimum absolute atomic E-state index is 0.135. The lowest BCUT2D eigenvalue weighted by Gasteiger charge is -2.07. The highest BCUT2D eigenvalue weighted by atomic mass is 79.9. The Morgan fingerprint density at radius 3 is 2.78 bits per heavy atom. The number of anilines is 1. The molecule has 0 aliphatic heterocycles. The molecule has 7 heteroatoms. The van der Waals surface area contributed by atoms with Crippen molar-refractivity contribution in [2.75, 3.05) is 5.43 Å². The number of nitrogens with one attached hydrogen (secondary N) is 1. The summed E-state index contributed by atoms with van der Waals surface area (Å²) >= 11 is 3.17. The normalized spacial score (nSPS) is 10.2. The van der Waals surface area contributed by atoms with Gasteiger partial charge in [0, 0.05) is 4.47 Å². The highest BCUT2D eigenvalue weighted by Crippen LogP contribution is 2.22. The molecule has 0 aliphatic rings. The fraction of sp³-hybridized carbons (Fsp3) is 0.0909. The van der Waals surface area contributed by atoms with Gasteiger partial charge in [-0.2, -0.15) is 0 Å². The SMILES string of the molecule is NNc1cnc(COc2ccc(Br)cc2F)cn1. The number of hydrogen-bond acceptors (Lipinski definition) is 5. The van der Waals surface area contributed by atoms with Crippen molar-refractivity contribution in [3.8, 4) is 5.75 Å². The Labute approximate surface area is 111 Å². The van der Waals surface area contributed by atoms with Crippen LogP contribution in [0.1, 0.15) is 5.69 Å². The van der Waals surface area contributed by atoms with Gasteiger partial charge in [-0.25, -0.2) is 15.2 Å². The molecule has 94 valence electrons. The van der Waals surface area contributed by atoms with Crippen molar-refractivity contribution in [1.82, 2.24) is 9.97 Å². The second-order valence-electron chi connectivity index (χ2n) is 3.40. The summed E-state index contributed by atoms with van der Waals surface area (Å²) in [6, 6.07) is 4.58. The fourth-order valence-electron chi connectivity index (χ4n) is 1.25. The first kappa shape index (κ1) is 12.7. The molecule has 5 nitrogen and oxygen atoms in total. The number of ether oxygens (including phenoxy) is 1. The third kappa shape index (κ3) is 3.14. The van der Waals surface area contributed by atoms with Crippen molar-refractivity contribution in [3.05, 3.63) is 46.6 Å². The Morgan fingerprint density at radius 2 is 2.17 bits per heavy atom. The molecule has 0 saturated heterocycles. The van der Waals surface area contributed by atoms with Crippen LogP contribution in [0.25, 0.3) is 0 Å². The molecular formula is C11H10BrFN4O. The number of nitrogens with two attached hydrogens (primary N) is 1. The lowest BCUT2D eigenvalue weighted by molar-refractivity contribution is 0.285. The van der Waals surface area contributed by atoms with E-state index >= 15 is 0 Å². The smallest absolute Gasteiger partial charge is 0.166 e. The van der Waals surface area contributed by atoms with E-state index in [4.69, 9.17) is 10.6 Å². The Morgan fingerprint density at radius 1 is 1.33 bits per heavy atom. The molecule has 0 unspecified atom stereocenters. The molecular weight excluding hydrogens is 303 g/mol. The van der Waals surface area contributed by atoms with Crippen LogP contribution in [0, 0.1) is 5.82 Å². The van der Waals surface area contributed by atoms with Crippen molar-refractivity contribution in [1.29, 1.82) is 0 Å². The fourth-order valence-corrected chi connectivity index (χ4v) is 1.58. The van der Waals surface area contributed by atoms with E-state index in [0.29, 0.717) is 16.0 Å². The Hall–Kier alpha value is -1.73. The standard InChI is InChI=1S/C11H10BrFN4O/c12-7-1-2-10(9(13)3-7)18-6-8-4-16-11(17-14)5-15-8/h1-5H,6,14H2,(H,16,17). The van der Waals surface area contributed by atoms with Crippen molar-refractivity contribution in [3.63, 3.8) is 0 Å². The molecule has 0 aliphatic carbocycles. The quantitative estimate of drug-likeness (QED) is 0.669. The molecule has 0 saturated carbocycles. The maximum atomic E-state index is 13.5. The van der Waals surface area contributed by atoms with Crippen LogP contribution in [0.2, 0.25) is 0 Å². The molecule has 2 rings (SSSR count). The highest BCUT2D eigenvalue weighted by molar-refractivity contribution is 9.10. The summed E-state index contributed by atoms with van der Waals surface area (Å²) < 4.78 is 19.4. The molecule has 0 spiro atoms. The zero-order valence-corrected chi connectivity index (χ0v) is 10.8. The van der Waals surface area contributed by atoms with Crippen LogP contribution in [0.3, 0.4) is 0 Å². The number of halogens is 2. The maximum Gasteiger partial charge on any atom is 0.166 e. The van der Waals surface area contributed by atoms with Gasteiger partial charge in [-0.1, -0.05) is 15.9 Å². The molecule has 0 atom stereocenters. The number of rotatable bonds is 4. The van der Waals surface area contributed by atoms with E-state index in [-0.39, 0.29) is 12.4 Å². The van der Waals surface area contributed by atoms with Crippen LogP contribution in [0.15, 0.2) is 35.1 Å². The van der Waals surface area contributed by atoms with Gasteiger partial charge in [0.2, 0.25) is 0 Å². The predicted molar refractivity (Wildman–Crippen MR) is 68.3 cm³/mol. The summed E-state index contributed by atoms with van der Waals surface area (Å²) in [5.74, 6) is 5.35. The average Bonchev–Trinajstić information content (AvgIpc) is 2.38. The van der Waals surface area contributed by atoms with E-state index in [9.17, 15) is 4.39 Å². The van der Waals surface area contributed by atoms with Crippen LogP contribution < -0.4 is 16.0 Å². The van der Waals surface area contributed by atoms with Gasteiger partial charge in [-0.05, 0) is 18.2 Å². The van der Waals surface area contributed by atoms with Gasteiger partial charge in [0.25, 0.3) is 0 Å². The third-order valence-corrected chi connectivity index (χ3v) is 2.62. The van der Waals surface area contributed by atoms with Crippen molar-refractivity contribution in [2.24, 2.45) is 5.84 Å². The molecule has 1 heterocycles. The average molecular weight is 313 g/mol. The summed E-state index contributed by atoms with van der Waals surface area (Å²) in [6.45, 7) is 0.135. The first-order valence-electron chi connectivity index (χ1n) is 5.04. The van der Waals surface area contributed by atoms with Gasteiger partial charge in [0.15, 0.2) is 17.4 Å². The summed E-state index contributed by atoms with van der Waals surface area (Å²) in [7, 11) is 0. The molecule has 0 bridgehead atoms. The predicted octanol–water partition coefficient (Wildman–Crippen LogP) is 2.24. The van der Waals surface area contributed by atoms with Crippen molar-refractivity contribution < 1.29 is 9.13 Å². The van der Waals surface area contributed by atoms with Gasteiger partial charge in [-0.15, -0.1) is 0 Å². The largest absolute Gasteiger partial charge is 0.484 e. The van der Waals surface area contributed by atoms with Gasteiger partial charge >= 0.3 is 0 Å². The van der Waals surface area contributed by atoms with Crippen LogP contribution >= 0.6 is 15.9 Å². The molecule has 3 N–H and O–H groups in total. The molecule has 0 amide bonds. The molecule has 1 aromatic carbocycles. The summed E-state index contributed by atoms with van der Waals surface area (Å²) in [5.41, 5.74) is 2.94. The number of nitrogen functional groups attached to an aromatic ring is 1. The van der Waals surface area contributed by atoms with Crippen LogP contribution in [-0.4, -0.2) is 9.97 Å². The highest BCUT2D eigenvalue weighted by Gasteiger charge is 2.05. The first-order valence-corrected chi connectivity index (χ1v) is 5.83. The minimum Gasteiger partial charge on any atom is -0.484 e. The topological polar surface area (TPSA) is 73.1 Å². The summed E-state index contributed by atoms with van der Waals surface area (Å²) in [6.07, 6.45) is 2.97. The van der Waals surface area contributed by atoms with Crippen LogP contribution in [0.4, 0.5) is 10.2 Å². The number of nitrogens with zero attached hydrogens (tertiary/aromatic N) is 2. The van der Waals surface area contributed by atoms with E-state index in [0.717, 1.165) is 0 Å². The zero-order chi connectivity index (χ0) is 13.0. The van der Waals surface area contributed by atoms with Gasteiger partial charge in [0.1, 0.15) is 6.61 Å². The molecule has 0 radical (unpaired) electrons. The van der Waals surface area contributed by atoms with Gasteiger partial charge < -0.3 is 10.2 Å². The second-order valence-corrected chi connectivity index (χ2v) is 4.32. The number of benzene rings is 1. The van der Waals surface area contributed by atoms with E-state index in [2.05, 4.69) is 31.3 Å². The Kier molecular flexibility index (Phi) is 4.06. The van der Waals surface area contributed by atoms with Crippen LogP contribution in [-0.2, 0) is 6.61 Å². The minimum atomic E-state index is -0.433. The van der Waals surface area contributed by atoms with E-state index in [1.165, 1.54) is 18.5 Å². The number of hydrazine groups is 1. The van der Waals surface area contributed by atoms with Gasteiger partial charge in [0.05, 0.1) is 18.1 Å². The van der Waals surface area contributed by atoms with Crippen molar-refractivity contribution in [2.45, 2.75) is 6.61 Å². The third-order valence-electron chi connectivity index (χ3n) is 2.12. The maximum absolute atomic E-state index is 13.5. The summed E-state index contributed by atoms with van der Waals surface area (Å²) in [5, 5.41) is 0. The zero-order valence-electron chi connectivity index (χ0n) is 9.23. The lowest BCUT2D eigenvalue weighted by atomic mass is 10.3. The molecule has 0 fully saturated rings. The van der Waals surface area contributed by atoms with Crippen molar-refractivity contribution >= 4 is 21.7 Å². The monoisotopic (exact) mass is 312 g/mol. The molecule has 1 aromatic heterocycles. The lowest BCUT2D eigenvalue weighted by Crippen LogP contribution is -2.09. The Balaban J connectivity index is 2.02. The number of aromatic nitrogens is 2. The van der Waals surface area contributed by atoms with E-state index < -0.39 is 5.82 Å². The first-order chi connectivity index (χ1) is 8.69. The van der Waals surface area contributed by atoms with E-state index in [1.807, 2.05) is 0 Å². The van der Waals surface area contributed by atoms with E-state index in [1.54, 1.807) is 12.1 Å². The van der Waals surface area contributed by atoms with Gasteiger partial charge in [-0.3, -0.25) is 4.98 Å². The number of hydrogen-bond donors (Lipinski definition) is 2. The molecule has 18 heavy (non-hydrogen) atoms. The summed E-state index contributed by atoms with van der Waals surface area (Å²) in [4.78, 5) is 8.02. The Bertz CT molecular complexity index is 535. The second kappa shape index (κ2) is 5.74.